The van der Waals surface area contributed by atoms with Gasteiger partial charge in [0.15, 0.2) is 5.96 Å². The molecule has 1 aliphatic heterocycles. The minimum Gasteiger partial charge on any atom is -0.354 e. The average Bonchev–Trinajstić information content (AvgIpc) is 3.36. The number of piperidine rings is 1. The van der Waals surface area contributed by atoms with E-state index in [1.54, 1.807) is 0 Å². The Morgan fingerprint density at radius 1 is 1.19 bits per heavy atom. The molecule has 2 aliphatic rings. The summed E-state index contributed by atoms with van der Waals surface area (Å²) in [5.41, 5.74) is 2.69. The molecule has 5 heteroatoms. The van der Waals surface area contributed by atoms with E-state index >= 15 is 0 Å². The number of nitrogens with one attached hydrogen (secondary N) is 2. The highest BCUT2D eigenvalue weighted by Gasteiger charge is 2.39. The molecule has 1 aliphatic carbocycles. The lowest BCUT2D eigenvalue weighted by Gasteiger charge is -2.33. The molecule has 4 nitrogen and oxygen atoms in total. The number of aliphatic imine (C=N–C) groups is 1. The number of rotatable bonds is 6. The fraction of sp³-hybridized carbons (Fsp3) is 0.571. The fourth-order valence-electron chi connectivity index (χ4n) is 3.70. The van der Waals surface area contributed by atoms with Crippen molar-refractivity contribution in [3.05, 3.63) is 48.0 Å². The summed E-state index contributed by atoms with van der Waals surface area (Å²) in [6.07, 6.45) is 3.54. The normalized spacial score (nSPS) is 23.8. The molecule has 2 N–H and O–H groups in total. The van der Waals surface area contributed by atoms with E-state index in [4.69, 9.17) is 0 Å². The highest BCUT2D eigenvalue weighted by Crippen LogP contribution is 2.40. The molecule has 0 radical (unpaired) electrons. The predicted octanol–water partition coefficient (Wildman–Crippen LogP) is 3.76. The van der Waals surface area contributed by atoms with Gasteiger partial charge >= 0.3 is 0 Å². The van der Waals surface area contributed by atoms with Gasteiger partial charge in [0.1, 0.15) is 0 Å². The second-order valence-electron chi connectivity index (χ2n) is 7.48. The first-order valence-corrected chi connectivity index (χ1v) is 9.65. The zero-order valence-corrected chi connectivity index (χ0v) is 18.4. The molecule has 0 aromatic heterocycles. The maximum absolute atomic E-state index is 4.66. The van der Waals surface area contributed by atoms with E-state index in [2.05, 4.69) is 71.3 Å². The molecule has 0 amide bonds. The predicted molar refractivity (Wildman–Crippen MR) is 122 cm³/mol. The van der Waals surface area contributed by atoms with Gasteiger partial charge in [0.05, 0.1) is 0 Å². The molecule has 1 saturated carbocycles. The molecule has 2 fully saturated rings. The van der Waals surface area contributed by atoms with Gasteiger partial charge in [-0.05, 0) is 38.7 Å². The third-order valence-corrected chi connectivity index (χ3v) is 5.08. The van der Waals surface area contributed by atoms with Crippen LogP contribution in [0.2, 0.25) is 0 Å². The van der Waals surface area contributed by atoms with Crippen molar-refractivity contribution in [2.45, 2.75) is 51.1 Å². The lowest BCUT2D eigenvalue weighted by atomic mass is 10.0. The number of hydrogen-bond donors (Lipinski definition) is 2. The van der Waals surface area contributed by atoms with Gasteiger partial charge in [-0.25, -0.2) is 0 Å². The summed E-state index contributed by atoms with van der Waals surface area (Å²) in [6, 6.07) is 11.8. The quantitative estimate of drug-likeness (QED) is 0.289. The van der Waals surface area contributed by atoms with Gasteiger partial charge in [-0.3, -0.25) is 9.89 Å². The van der Waals surface area contributed by atoms with E-state index in [1.807, 2.05) is 0 Å². The highest BCUT2D eigenvalue weighted by atomic mass is 127. The summed E-state index contributed by atoms with van der Waals surface area (Å²) in [6.45, 7) is 12.4. The van der Waals surface area contributed by atoms with Gasteiger partial charge in [-0.2, -0.15) is 0 Å². The Bertz CT molecular complexity index is 593. The molecular formula is C21H33IN4. The van der Waals surface area contributed by atoms with E-state index in [0.29, 0.717) is 18.0 Å². The average molecular weight is 468 g/mol. The van der Waals surface area contributed by atoms with Crippen LogP contribution < -0.4 is 10.6 Å². The van der Waals surface area contributed by atoms with Crippen molar-refractivity contribution in [2.75, 3.05) is 26.2 Å². The highest BCUT2D eigenvalue weighted by molar-refractivity contribution is 14.0. The van der Waals surface area contributed by atoms with E-state index in [0.717, 1.165) is 32.1 Å². The SMILES string of the molecule is C=C(C)CN1CCC(NC(=NCC)NC2CC2c2ccccc2)CC1.I. The van der Waals surface area contributed by atoms with Crippen LogP contribution in [0.25, 0.3) is 0 Å². The number of likely N-dealkylation sites (tertiary alicyclic amines) is 1. The Morgan fingerprint density at radius 2 is 1.88 bits per heavy atom. The summed E-state index contributed by atoms with van der Waals surface area (Å²) in [4.78, 5) is 7.16. The monoisotopic (exact) mass is 468 g/mol. The Labute approximate surface area is 175 Å². The summed E-state index contributed by atoms with van der Waals surface area (Å²) in [7, 11) is 0. The fourth-order valence-corrected chi connectivity index (χ4v) is 3.70. The molecule has 3 rings (SSSR count). The zero-order valence-electron chi connectivity index (χ0n) is 16.1. The van der Waals surface area contributed by atoms with Crippen molar-refractivity contribution in [3.63, 3.8) is 0 Å². The van der Waals surface area contributed by atoms with Crippen molar-refractivity contribution in [2.24, 2.45) is 4.99 Å². The van der Waals surface area contributed by atoms with Crippen LogP contribution in [0.1, 0.15) is 44.6 Å². The lowest BCUT2D eigenvalue weighted by molar-refractivity contribution is 0.221. The number of nitrogens with zero attached hydrogens (tertiary/aromatic N) is 2. The Hall–Kier alpha value is -1.08. The number of benzene rings is 1. The first-order valence-electron chi connectivity index (χ1n) is 9.65. The first-order chi connectivity index (χ1) is 12.2. The molecule has 2 atom stereocenters. The third kappa shape index (κ3) is 6.27. The minimum atomic E-state index is 0. The van der Waals surface area contributed by atoms with Crippen molar-refractivity contribution in [3.8, 4) is 0 Å². The van der Waals surface area contributed by atoms with Crippen LogP contribution in [-0.2, 0) is 0 Å². The summed E-state index contributed by atoms with van der Waals surface area (Å²) >= 11 is 0. The maximum atomic E-state index is 4.66. The van der Waals surface area contributed by atoms with Crippen molar-refractivity contribution in [1.82, 2.24) is 15.5 Å². The van der Waals surface area contributed by atoms with Crippen LogP contribution in [-0.4, -0.2) is 49.1 Å². The van der Waals surface area contributed by atoms with Crippen LogP contribution in [0.5, 0.6) is 0 Å². The third-order valence-electron chi connectivity index (χ3n) is 5.08. The van der Waals surface area contributed by atoms with Gasteiger partial charge in [0, 0.05) is 44.2 Å². The molecule has 2 unspecified atom stereocenters. The summed E-state index contributed by atoms with van der Waals surface area (Å²) in [5, 5.41) is 7.31. The standard InChI is InChI=1S/C21H32N4.HI/c1-4-22-21(23-18-10-12-25(13-11-18)15-16(2)3)24-20-14-19(20)17-8-6-5-7-9-17;/h5-9,18-20H,2,4,10-15H2,1,3H3,(H2,22,23,24);1H. The van der Waals surface area contributed by atoms with Crippen molar-refractivity contribution in [1.29, 1.82) is 0 Å². The largest absolute Gasteiger partial charge is 0.354 e. The molecule has 1 aromatic carbocycles. The molecule has 144 valence electrons. The minimum absolute atomic E-state index is 0. The van der Waals surface area contributed by atoms with Crippen molar-refractivity contribution < 1.29 is 0 Å². The first kappa shape index (κ1) is 21.2. The van der Waals surface area contributed by atoms with Gasteiger partial charge in [0.25, 0.3) is 0 Å². The van der Waals surface area contributed by atoms with E-state index in [9.17, 15) is 0 Å². The molecule has 1 saturated heterocycles. The second-order valence-corrected chi connectivity index (χ2v) is 7.48. The van der Waals surface area contributed by atoms with Gasteiger partial charge in [0.2, 0.25) is 0 Å². The van der Waals surface area contributed by atoms with E-state index in [-0.39, 0.29) is 24.0 Å². The maximum Gasteiger partial charge on any atom is 0.191 e. The van der Waals surface area contributed by atoms with Crippen LogP contribution >= 0.6 is 24.0 Å². The smallest absolute Gasteiger partial charge is 0.191 e. The second kappa shape index (κ2) is 10.3. The van der Waals surface area contributed by atoms with Crippen LogP contribution in [0.3, 0.4) is 0 Å². The number of hydrogen-bond acceptors (Lipinski definition) is 2. The molecule has 0 spiro atoms. The molecular weight excluding hydrogens is 435 g/mol. The molecule has 26 heavy (non-hydrogen) atoms. The Morgan fingerprint density at radius 3 is 2.50 bits per heavy atom. The van der Waals surface area contributed by atoms with Gasteiger partial charge in [-0.15, -0.1) is 24.0 Å². The molecule has 1 aromatic rings. The van der Waals surface area contributed by atoms with Gasteiger partial charge in [-0.1, -0.05) is 42.5 Å². The Kier molecular flexibility index (Phi) is 8.41. The summed E-state index contributed by atoms with van der Waals surface area (Å²) < 4.78 is 0. The number of guanidine groups is 1. The molecule has 1 heterocycles. The van der Waals surface area contributed by atoms with Gasteiger partial charge < -0.3 is 10.6 Å². The van der Waals surface area contributed by atoms with E-state index in [1.165, 1.54) is 30.4 Å². The van der Waals surface area contributed by atoms with Crippen LogP contribution in [0.15, 0.2) is 47.5 Å². The molecule has 0 bridgehead atoms. The topological polar surface area (TPSA) is 39.7 Å². The van der Waals surface area contributed by atoms with Crippen LogP contribution in [0.4, 0.5) is 0 Å². The number of halogens is 1. The zero-order chi connectivity index (χ0) is 17.6. The van der Waals surface area contributed by atoms with E-state index < -0.39 is 0 Å². The van der Waals surface area contributed by atoms with Crippen molar-refractivity contribution >= 4 is 29.9 Å². The van der Waals surface area contributed by atoms with Crippen LogP contribution in [0, 0.1) is 0 Å². The lowest BCUT2D eigenvalue weighted by Crippen LogP contribution is -2.49. The Balaban J connectivity index is 0.00000243. The summed E-state index contributed by atoms with van der Waals surface area (Å²) in [5.74, 6) is 1.62.